The van der Waals surface area contributed by atoms with Gasteiger partial charge in [0.1, 0.15) is 12.0 Å². The van der Waals surface area contributed by atoms with Gasteiger partial charge >= 0.3 is 0 Å². The fourth-order valence-electron chi connectivity index (χ4n) is 4.83. The summed E-state index contributed by atoms with van der Waals surface area (Å²) in [5.41, 5.74) is 11.7. The van der Waals surface area contributed by atoms with E-state index in [1.807, 2.05) is 26.1 Å². The SMILES string of the molecule is Cc1noc(C)c1-c1ccc2ncc(C3(C=O)CC3)c(NC3CCC(N)CC3)c2c1. The van der Waals surface area contributed by atoms with Crippen LogP contribution in [0.5, 0.6) is 0 Å². The fraction of sp³-hybridized carbons (Fsp3) is 0.458. The van der Waals surface area contributed by atoms with Crippen LogP contribution in [0.1, 0.15) is 55.5 Å². The first-order valence-corrected chi connectivity index (χ1v) is 10.9. The molecule has 2 heterocycles. The summed E-state index contributed by atoms with van der Waals surface area (Å²) in [5.74, 6) is 0.804. The number of aromatic nitrogens is 2. The Hall–Kier alpha value is -2.73. The summed E-state index contributed by atoms with van der Waals surface area (Å²) in [6.07, 6.45) is 8.92. The second-order valence-electron chi connectivity index (χ2n) is 9.01. The van der Waals surface area contributed by atoms with Gasteiger partial charge in [0.2, 0.25) is 0 Å². The minimum Gasteiger partial charge on any atom is -0.381 e. The number of nitrogens with zero attached hydrogens (tertiary/aromatic N) is 2. The van der Waals surface area contributed by atoms with Gasteiger partial charge in [0.05, 0.1) is 16.6 Å². The molecule has 2 aromatic heterocycles. The van der Waals surface area contributed by atoms with Crippen LogP contribution in [0.4, 0.5) is 5.69 Å². The van der Waals surface area contributed by atoms with E-state index in [1.165, 1.54) is 0 Å². The summed E-state index contributed by atoms with van der Waals surface area (Å²) in [7, 11) is 0. The first-order valence-electron chi connectivity index (χ1n) is 10.9. The number of aryl methyl sites for hydroxylation is 2. The third-order valence-corrected chi connectivity index (χ3v) is 6.86. The van der Waals surface area contributed by atoms with Crippen molar-refractivity contribution in [2.45, 2.75) is 69.9 Å². The molecule has 0 amide bonds. The van der Waals surface area contributed by atoms with E-state index in [4.69, 9.17) is 15.2 Å². The molecule has 3 N–H and O–H groups in total. The molecule has 6 nitrogen and oxygen atoms in total. The van der Waals surface area contributed by atoms with E-state index in [9.17, 15) is 4.79 Å². The number of benzene rings is 1. The average molecular weight is 405 g/mol. The Morgan fingerprint density at radius 3 is 2.60 bits per heavy atom. The maximum absolute atomic E-state index is 12.0. The van der Waals surface area contributed by atoms with Crippen molar-refractivity contribution in [2.24, 2.45) is 5.73 Å². The minimum absolute atomic E-state index is 0.299. The van der Waals surface area contributed by atoms with Crippen LogP contribution in [-0.4, -0.2) is 28.5 Å². The highest BCUT2D eigenvalue weighted by molar-refractivity contribution is 5.98. The molecule has 0 unspecified atom stereocenters. The van der Waals surface area contributed by atoms with Crippen molar-refractivity contribution in [3.05, 3.63) is 41.4 Å². The standard InChI is InChI=1S/C24H28N4O2/c1-14-22(15(2)30-28-14)16-3-8-21-19(11-16)23(27-18-6-4-17(25)5-7-18)20(12-26-21)24(13-29)9-10-24/h3,8,11-13,17-18H,4-7,9-10,25H2,1-2H3,(H,26,27). The largest absolute Gasteiger partial charge is 0.381 e. The molecular weight excluding hydrogens is 376 g/mol. The zero-order valence-corrected chi connectivity index (χ0v) is 17.6. The number of hydrogen-bond donors (Lipinski definition) is 2. The molecule has 2 aliphatic rings. The average Bonchev–Trinajstić information content (AvgIpc) is 3.48. The third kappa shape index (κ3) is 3.19. The number of pyridine rings is 1. The molecule has 0 spiro atoms. The van der Waals surface area contributed by atoms with E-state index in [0.717, 1.165) is 89.5 Å². The van der Waals surface area contributed by atoms with Gasteiger partial charge in [-0.2, -0.15) is 0 Å². The first kappa shape index (κ1) is 19.2. The highest BCUT2D eigenvalue weighted by Gasteiger charge is 2.46. The molecule has 0 atom stereocenters. The van der Waals surface area contributed by atoms with Crippen LogP contribution in [0.2, 0.25) is 0 Å². The van der Waals surface area contributed by atoms with E-state index >= 15 is 0 Å². The van der Waals surface area contributed by atoms with Crippen molar-refractivity contribution in [3.8, 4) is 11.1 Å². The van der Waals surface area contributed by atoms with Gasteiger partial charge in [0.15, 0.2) is 0 Å². The van der Waals surface area contributed by atoms with Crippen molar-refractivity contribution < 1.29 is 9.32 Å². The van der Waals surface area contributed by atoms with E-state index in [0.29, 0.717) is 12.1 Å². The van der Waals surface area contributed by atoms with Gasteiger partial charge in [-0.25, -0.2) is 0 Å². The van der Waals surface area contributed by atoms with Gasteiger partial charge in [-0.05, 0) is 70.1 Å². The number of aldehydes is 1. The van der Waals surface area contributed by atoms with Crippen LogP contribution in [-0.2, 0) is 10.2 Å². The van der Waals surface area contributed by atoms with Crippen molar-refractivity contribution >= 4 is 22.9 Å². The lowest BCUT2D eigenvalue weighted by Crippen LogP contribution is -2.33. The Morgan fingerprint density at radius 1 is 1.20 bits per heavy atom. The quantitative estimate of drug-likeness (QED) is 0.612. The highest BCUT2D eigenvalue weighted by Crippen LogP contribution is 2.50. The molecule has 156 valence electrons. The number of rotatable bonds is 5. The van der Waals surface area contributed by atoms with Gasteiger partial charge in [-0.1, -0.05) is 11.2 Å². The molecule has 3 aromatic rings. The molecule has 0 radical (unpaired) electrons. The zero-order chi connectivity index (χ0) is 20.9. The monoisotopic (exact) mass is 404 g/mol. The molecule has 6 heteroatoms. The highest BCUT2D eigenvalue weighted by atomic mass is 16.5. The van der Waals surface area contributed by atoms with Gasteiger partial charge < -0.3 is 20.4 Å². The molecule has 5 rings (SSSR count). The van der Waals surface area contributed by atoms with Gasteiger partial charge in [-0.3, -0.25) is 4.98 Å². The lowest BCUT2D eigenvalue weighted by Gasteiger charge is -2.29. The third-order valence-electron chi connectivity index (χ3n) is 6.86. The van der Waals surface area contributed by atoms with Crippen LogP contribution >= 0.6 is 0 Å². The number of nitrogens with one attached hydrogen (secondary N) is 1. The van der Waals surface area contributed by atoms with Gasteiger partial charge in [0, 0.05) is 40.5 Å². The van der Waals surface area contributed by atoms with Crippen molar-refractivity contribution in [1.82, 2.24) is 10.1 Å². The predicted molar refractivity (Wildman–Crippen MR) is 118 cm³/mol. The van der Waals surface area contributed by atoms with E-state index in [2.05, 4.69) is 22.6 Å². The fourth-order valence-corrected chi connectivity index (χ4v) is 4.83. The summed E-state index contributed by atoms with van der Waals surface area (Å²) in [6.45, 7) is 3.89. The number of fused-ring (bicyclic) bond motifs is 1. The number of carbonyl (C=O) groups excluding carboxylic acids is 1. The van der Waals surface area contributed by atoms with Crippen LogP contribution < -0.4 is 11.1 Å². The van der Waals surface area contributed by atoms with Crippen molar-refractivity contribution in [3.63, 3.8) is 0 Å². The lowest BCUT2D eigenvalue weighted by atomic mass is 9.89. The summed E-state index contributed by atoms with van der Waals surface area (Å²) < 4.78 is 5.39. The van der Waals surface area contributed by atoms with E-state index in [-0.39, 0.29) is 0 Å². The maximum Gasteiger partial charge on any atom is 0.141 e. The van der Waals surface area contributed by atoms with Crippen LogP contribution in [0.25, 0.3) is 22.0 Å². The maximum atomic E-state index is 12.0. The summed E-state index contributed by atoms with van der Waals surface area (Å²) in [4.78, 5) is 16.7. The number of nitrogens with two attached hydrogens (primary N) is 1. The number of carbonyl (C=O) groups is 1. The van der Waals surface area contributed by atoms with Gasteiger partial charge in [0.25, 0.3) is 0 Å². The molecule has 0 saturated heterocycles. The molecule has 0 bridgehead atoms. The first-order chi connectivity index (χ1) is 14.5. The lowest BCUT2D eigenvalue weighted by molar-refractivity contribution is -0.109. The Balaban J connectivity index is 1.65. The molecule has 30 heavy (non-hydrogen) atoms. The van der Waals surface area contributed by atoms with E-state index in [1.54, 1.807) is 0 Å². The Bertz CT molecular complexity index is 1090. The van der Waals surface area contributed by atoms with E-state index < -0.39 is 5.41 Å². The second kappa shape index (κ2) is 7.20. The zero-order valence-electron chi connectivity index (χ0n) is 17.6. The second-order valence-corrected chi connectivity index (χ2v) is 9.01. The molecular formula is C24H28N4O2. The van der Waals surface area contributed by atoms with Crippen molar-refractivity contribution in [2.75, 3.05) is 5.32 Å². The van der Waals surface area contributed by atoms with Crippen LogP contribution in [0.3, 0.4) is 0 Å². The summed E-state index contributed by atoms with van der Waals surface area (Å²) in [6, 6.07) is 6.93. The normalized spacial score (nSPS) is 22.8. The minimum atomic E-state index is -0.395. The smallest absolute Gasteiger partial charge is 0.141 e. The van der Waals surface area contributed by atoms with Crippen LogP contribution in [0, 0.1) is 13.8 Å². The summed E-state index contributed by atoms with van der Waals surface area (Å²) in [5, 5.41) is 8.96. The predicted octanol–water partition coefficient (Wildman–Crippen LogP) is 4.42. The summed E-state index contributed by atoms with van der Waals surface area (Å²) >= 11 is 0. The molecule has 2 saturated carbocycles. The number of hydrogen-bond acceptors (Lipinski definition) is 6. The molecule has 2 aliphatic carbocycles. The molecule has 1 aromatic carbocycles. The van der Waals surface area contributed by atoms with Gasteiger partial charge in [-0.15, -0.1) is 0 Å². The van der Waals surface area contributed by atoms with Crippen LogP contribution in [0.15, 0.2) is 28.9 Å². The Morgan fingerprint density at radius 2 is 1.97 bits per heavy atom. The molecule has 0 aliphatic heterocycles. The Kier molecular flexibility index (Phi) is 4.62. The Labute approximate surface area is 176 Å². The topological polar surface area (TPSA) is 94.0 Å². The van der Waals surface area contributed by atoms with Crippen molar-refractivity contribution in [1.29, 1.82) is 0 Å². The number of anilines is 1. The molecule has 2 fully saturated rings.